The molecule has 164 valence electrons. The van der Waals surface area contributed by atoms with E-state index in [2.05, 4.69) is 4.98 Å². The number of para-hydroxylation sites is 2. The Bertz CT molecular complexity index is 1290. The highest BCUT2D eigenvalue weighted by Gasteiger charge is 2.27. The summed E-state index contributed by atoms with van der Waals surface area (Å²) in [6.07, 6.45) is 0. The largest absolute Gasteiger partial charge is 0.493 e. The van der Waals surface area contributed by atoms with Crippen LogP contribution in [0.2, 0.25) is 0 Å². The van der Waals surface area contributed by atoms with Crippen LogP contribution >= 0.6 is 0 Å². The molecule has 1 aromatic heterocycles. The van der Waals surface area contributed by atoms with Crippen molar-refractivity contribution in [2.24, 2.45) is 0 Å². The van der Waals surface area contributed by atoms with Gasteiger partial charge < -0.3 is 9.15 Å². The Morgan fingerprint density at radius 1 is 0.906 bits per heavy atom. The van der Waals surface area contributed by atoms with Gasteiger partial charge in [-0.05, 0) is 50.2 Å². The molecule has 0 spiro atoms. The molecular weight excluding hydrogens is 424 g/mol. The summed E-state index contributed by atoms with van der Waals surface area (Å²) in [4.78, 5) is 4.86. The van der Waals surface area contributed by atoms with E-state index < -0.39 is 10.0 Å². The third-order valence-electron chi connectivity index (χ3n) is 4.98. The van der Waals surface area contributed by atoms with Crippen LogP contribution in [0, 0.1) is 6.92 Å². The third kappa shape index (κ3) is 4.38. The molecular formula is C25H24N2O4S. The van der Waals surface area contributed by atoms with Gasteiger partial charge >= 0.3 is 0 Å². The molecule has 0 aliphatic rings. The Kier molecular flexibility index (Phi) is 6.28. The molecule has 0 aliphatic carbocycles. The van der Waals surface area contributed by atoms with Gasteiger partial charge in [0.15, 0.2) is 0 Å². The zero-order valence-corrected chi connectivity index (χ0v) is 18.7. The predicted molar refractivity (Wildman–Crippen MR) is 124 cm³/mol. The van der Waals surface area contributed by atoms with Crippen LogP contribution in [0.3, 0.4) is 0 Å². The topological polar surface area (TPSA) is 72.6 Å². The first-order valence-electron chi connectivity index (χ1n) is 10.3. The fraction of sp³-hybridized carbons (Fsp3) is 0.160. The van der Waals surface area contributed by atoms with Crippen LogP contribution in [0.1, 0.15) is 18.4 Å². The summed E-state index contributed by atoms with van der Waals surface area (Å²) in [5.74, 6) is 1.61. The summed E-state index contributed by atoms with van der Waals surface area (Å²) in [6.45, 7) is 4.25. The smallest absolute Gasteiger partial charge is 0.264 e. The molecule has 1 heterocycles. The normalized spacial score (nSPS) is 11.3. The second-order valence-corrected chi connectivity index (χ2v) is 8.97. The zero-order chi connectivity index (χ0) is 22.6. The lowest BCUT2D eigenvalue weighted by atomic mass is 10.2. The first-order chi connectivity index (χ1) is 15.5. The Balaban J connectivity index is 1.75. The van der Waals surface area contributed by atoms with Crippen molar-refractivity contribution in [3.05, 3.63) is 96.4 Å². The summed E-state index contributed by atoms with van der Waals surface area (Å²) in [5.41, 5.74) is 1.81. The van der Waals surface area contributed by atoms with Gasteiger partial charge in [-0.25, -0.2) is 13.4 Å². The SMILES string of the molecule is CCOc1ccccc1-c1nc(CN(c2ccccc2)S(=O)(=O)c2ccccc2)c(C)o1. The summed E-state index contributed by atoms with van der Waals surface area (Å²) >= 11 is 0. The molecule has 0 bridgehead atoms. The van der Waals surface area contributed by atoms with Crippen molar-refractivity contribution in [1.29, 1.82) is 0 Å². The number of sulfonamides is 1. The van der Waals surface area contributed by atoms with Gasteiger partial charge in [-0.15, -0.1) is 0 Å². The quantitative estimate of drug-likeness (QED) is 0.359. The maximum absolute atomic E-state index is 13.5. The lowest BCUT2D eigenvalue weighted by Crippen LogP contribution is -2.31. The van der Waals surface area contributed by atoms with Gasteiger partial charge in [0.25, 0.3) is 10.0 Å². The van der Waals surface area contributed by atoms with E-state index >= 15 is 0 Å². The molecule has 0 unspecified atom stereocenters. The zero-order valence-electron chi connectivity index (χ0n) is 17.9. The van der Waals surface area contributed by atoms with Crippen molar-refractivity contribution in [3.8, 4) is 17.2 Å². The highest BCUT2D eigenvalue weighted by atomic mass is 32.2. The van der Waals surface area contributed by atoms with E-state index in [1.165, 1.54) is 4.31 Å². The van der Waals surface area contributed by atoms with Crippen molar-refractivity contribution < 1.29 is 17.6 Å². The fourth-order valence-electron chi connectivity index (χ4n) is 3.38. The second-order valence-electron chi connectivity index (χ2n) is 7.11. The lowest BCUT2D eigenvalue weighted by Gasteiger charge is -2.24. The fourth-order valence-corrected chi connectivity index (χ4v) is 4.83. The van der Waals surface area contributed by atoms with Crippen LogP contribution in [-0.4, -0.2) is 20.0 Å². The van der Waals surface area contributed by atoms with Crippen LogP contribution in [0.15, 0.2) is 94.2 Å². The van der Waals surface area contributed by atoms with E-state index in [1.54, 1.807) is 49.4 Å². The standard InChI is InChI=1S/C25H24N2O4S/c1-3-30-24-17-11-10-16-22(24)25-26-23(19(2)31-25)18-27(20-12-6-4-7-13-20)32(28,29)21-14-8-5-9-15-21/h4-17H,3,18H2,1-2H3. The first kappa shape index (κ1) is 21.6. The Morgan fingerprint density at radius 2 is 1.53 bits per heavy atom. The summed E-state index contributed by atoms with van der Waals surface area (Å²) in [5, 5.41) is 0. The van der Waals surface area contributed by atoms with Gasteiger partial charge in [-0.2, -0.15) is 0 Å². The van der Waals surface area contributed by atoms with Crippen molar-refractivity contribution in [3.63, 3.8) is 0 Å². The molecule has 0 saturated carbocycles. The maximum Gasteiger partial charge on any atom is 0.264 e. The third-order valence-corrected chi connectivity index (χ3v) is 6.77. The molecule has 4 aromatic rings. The van der Waals surface area contributed by atoms with Crippen molar-refractivity contribution >= 4 is 15.7 Å². The average molecular weight is 449 g/mol. The van der Waals surface area contributed by atoms with Crippen molar-refractivity contribution in [2.75, 3.05) is 10.9 Å². The number of oxazole rings is 1. The minimum atomic E-state index is -3.81. The second kappa shape index (κ2) is 9.28. The van der Waals surface area contributed by atoms with E-state index in [9.17, 15) is 8.42 Å². The van der Waals surface area contributed by atoms with Gasteiger partial charge in [0, 0.05) is 0 Å². The van der Waals surface area contributed by atoms with Crippen molar-refractivity contribution in [1.82, 2.24) is 4.98 Å². The number of ether oxygens (including phenoxy) is 1. The molecule has 0 radical (unpaired) electrons. The highest BCUT2D eigenvalue weighted by molar-refractivity contribution is 7.92. The van der Waals surface area contributed by atoms with E-state index in [4.69, 9.17) is 9.15 Å². The number of benzene rings is 3. The number of nitrogens with zero attached hydrogens (tertiary/aromatic N) is 2. The molecule has 7 heteroatoms. The summed E-state index contributed by atoms with van der Waals surface area (Å²) in [7, 11) is -3.81. The Hall–Kier alpha value is -3.58. The molecule has 0 amide bonds. The number of anilines is 1. The molecule has 0 fully saturated rings. The van der Waals surface area contributed by atoms with Crippen molar-refractivity contribution in [2.45, 2.75) is 25.3 Å². The van der Waals surface area contributed by atoms with Crippen LogP contribution in [0.5, 0.6) is 5.75 Å². The van der Waals surface area contributed by atoms with E-state index in [0.29, 0.717) is 35.4 Å². The molecule has 6 nitrogen and oxygen atoms in total. The Labute approximate surface area is 188 Å². The first-order valence-corrected chi connectivity index (χ1v) is 11.8. The number of aromatic nitrogens is 1. The monoisotopic (exact) mass is 448 g/mol. The van der Waals surface area contributed by atoms with Crippen LogP contribution < -0.4 is 9.04 Å². The summed E-state index contributed by atoms with van der Waals surface area (Å²) in [6, 6.07) is 24.9. The van der Waals surface area contributed by atoms with Gasteiger partial charge in [0.05, 0.1) is 29.3 Å². The van der Waals surface area contributed by atoms with Gasteiger partial charge in [-0.1, -0.05) is 48.5 Å². The minimum absolute atomic E-state index is 0.0351. The maximum atomic E-state index is 13.5. The predicted octanol–water partition coefficient (Wildman–Crippen LogP) is 5.44. The Morgan fingerprint density at radius 3 is 2.22 bits per heavy atom. The molecule has 32 heavy (non-hydrogen) atoms. The molecule has 3 aromatic carbocycles. The molecule has 0 N–H and O–H groups in total. The minimum Gasteiger partial charge on any atom is -0.493 e. The van der Waals surface area contributed by atoms with E-state index in [-0.39, 0.29) is 11.4 Å². The number of aryl methyl sites for hydroxylation is 1. The number of hydrogen-bond donors (Lipinski definition) is 0. The molecule has 0 aliphatic heterocycles. The molecule has 0 saturated heterocycles. The van der Waals surface area contributed by atoms with Gasteiger partial charge in [0.1, 0.15) is 17.2 Å². The van der Waals surface area contributed by atoms with Crippen LogP contribution in [0.4, 0.5) is 5.69 Å². The summed E-state index contributed by atoms with van der Waals surface area (Å²) < 4.78 is 40.0. The van der Waals surface area contributed by atoms with Gasteiger partial charge in [0.2, 0.25) is 5.89 Å². The lowest BCUT2D eigenvalue weighted by molar-refractivity contribution is 0.340. The van der Waals surface area contributed by atoms with Crippen LogP contribution in [-0.2, 0) is 16.6 Å². The number of rotatable bonds is 8. The highest BCUT2D eigenvalue weighted by Crippen LogP contribution is 2.32. The van der Waals surface area contributed by atoms with E-state index in [1.807, 2.05) is 49.4 Å². The molecule has 4 rings (SSSR count). The number of hydrogen-bond acceptors (Lipinski definition) is 5. The van der Waals surface area contributed by atoms with E-state index in [0.717, 1.165) is 5.56 Å². The van der Waals surface area contributed by atoms with Gasteiger partial charge in [-0.3, -0.25) is 4.31 Å². The average Bonchev–Trinajstić information content (AvgIpc) is 3.19. The van der Waals surface area contributed by atoms with Crippen LogP contribution in [0.25, 0.3) is 11.5 Å². The molecule has 0 atom stereocenters.